The van der Waals surface area contributed by atoms with Gasteiger partial charge in [0.25, 0.3) is 0 Å². The average molecular weight is 262 g/mol. The van der Waals surface area contributed by atoms with Crippen molar-refractivity contribution in [3.8, 4) is 6.07 Å². The Bertz CT molecular complexity index is 605. The molecule has 0 aliphatic carbocycles. The standard InChI is InChI=1S/C13H9ClFN3/c1-18(11-4-2-10(15)3-5-11)13-12(14)9(8-16)6-7-17-13/h2-7H,1H3. The van der Waals surface area contributed by atoms with Crippen LogP contribution in [0.4, 0.5) is 15.9 Å². The van der Waals surface area contributed by atoms with Gasteiger partial charge < -0.3 is 4.90 Å². The third-order valence-electron chi connectivity index (χ3n) is 2.52. The number of nitrogens with zero attached hydrogens (tertiary/aromatic N) is 3. The van der Waals surface area contributed by atoms with E-state index in [1.54, 1.807) is 30.1 Å². The molecular formula is C13H9ClFN3. The van der Waals surface area contributed by atoms with Gasteiger partial charge in [-0.1, -0.05) is 11.6 Å². The molecule has 0 aliphatic rings. The molecule has 1 aromatic carbocycles. The Labute approximate surface area is 109 Å². The van der Waals surface area contributed by atoms with Crippen LogP contribution in [0.5, 0.6) is 0 Å². The van der Waals surface area contributed by atoms with E-state index < -0.39 is 0 Å². The maximum absolute atomic E-state index is 12.8. The highest BCUT2D eigenvalue weighted by molar-refractivity contribution is 6.34. The molecule has 2 aromatic rings. The van der Waals surface area contributed by atoms with Gasteiger partial charge in [-0.15, -0.1) is 0 Å². The summed E-state index contributed by atoms with van der Waals surface area (Å²) >= 11 is 6.08. The lowest BCUT2D eigenvalue weighted by atomic mass is 10.2. The van der Waals surface area contributed by atoms with Gasteiger partial charge in [-0.2, -0.15) is 5.26 Å². The number of anilines is 2. The first-order chi connectivity index (χ1) is 8.63. The molecule has 0 radical (unpaired) electrons. The van der Waals surface area contributed by atoms with E-state index >= 15 is 0 Å². The van der Waals surface area contributed by atoms with Crippen molar-refractivity contribution in [1.82, 2.24) is 4.98 Å². The molecule has 2 rings (SSSR count). The zero-order chi connectivity index (χ0) is 13.1. The number of pyridine rings is 1. The summed E-state index contributed by atoms with van der Waals surface area (Å²) in [5.41, 5.74) is 1.09. The minimum atomic E-state index is -0.308. The molecule has 3 nitrogen and oxygen atoms in total. The van der Waals surface area contributed by atoms with E-state index in [4.69, 9.17) is 16.9 Å². The highest BCUT2D eigenvalue weighted by Gasteiger charge is 2.12. The van der Waals surface area contributed by atoms with E-state index in [1.165, 1.54) is 18.3 Å². The first kappa shape index (κ1) is 12.3. The molecule has 0 aliphatic heterocycles. The molecule has 0 amide bonds. The predicted molar refractivity (Wildman–Crippen MR) is 68.4 cm³/mol. The maximum atomic E-state index is 12.8. The van der Waals surface area contributed by atoms with E-state index in [2.05, 4.69) is 4.98 Å². The Morgan fingerprint density at radius 1 is 1.28 bits per heavy atom. The predicted octanol–water partition coefficient (Wildman–Crippen LogP) is 3.51. The number of nitriles is 1. The summed E-state index contributed by atoms with van der Waals surface area (Å²) in [7, 11) is 1.75. The molecule has 0 saturated carbocycles. The topological polar surface area (TPSA) is 39.9 Å². The number of aromatic nitrogens is 1. The van der Waals surface area contributed by atoms with Gasteiger partial charge in [0.2, 0.25) is 0 Å². The second-order valence-electron chi connectivity index (χ2n) is 3.64. The minimum absolute atomic E-state index is 0.284. The number of hydrogen-bond acceptors (Lipinski definition) is 3. The van der Waals surface area contributed by atoms with Crippen LogP contribution in [-0.2, 0) is 0 Å². The fourth-order valence-corrected chi connectivity index (χ4v) is 1.82. The Kier molecular flexibility index (Phi) is 3.45. The first-order valence-corrected chi connectivity index (χ1v) is 5.55. The first-order valence-electron chi connectivity index (χ1n) is 5.17. The van der Waals surface area contributed by atoms with Gasteiger partial charge in [0, 0.05) is 18.9 Å². The zero-order valence-electron chi connectivity index (χ0n) is 9.56. The van der Waals surface area contributed by atoms with Crippen LogP contribution in [-0.4, -0.2) is 12.0 Å². The summed E-state index contributed by atoms with van der Waals surface area (Å²) in [5.74, 6) is 0.152. The van der Waals surface area contributed by atoms with Gasteiger partial charge in [-0.25, -0.2) is 9.37 Å². The molecule has 0 unspecified atom stereocenters. The highest BCUT2D eigenvalue weighted by atomic mass is 35.5. The van der Waals surface area contributed by atoms with Crippen molar-refractivity contribution < 1.29 is 4.39 Å². The van der Waals surface area contributed by atoms with E-state index in [1.807, 2.05) is 6.07 Å². The largest absolute Gasteiger partial charge is 0.328 e. The van der Waals surface area contributed by atoms with Crippen molar-refractivity contribution in [3.63, 3.8) is 0 Å². The number of halogens is 2. The molecule has 0 N–H and O–H groups in total. The lowest BCUT2D eigenvalue weighted by Crippen LogP contribution is -2.12. The molecule has 90 valence electrons. The second kappa shape index (κ2) is 5.03. The molecule has 1 heterocycles. The highest BCUT2D eigenvalue weighted by Crippen LogP contribution is 2.30. The summed E-state index contributed by atoms with van der Waals surface area (Å²) in [6.45, 7) is 0. The fourth-order valence-electron chi connectivity index (χ4n) is 1.54. The van der Waals surface area contributed by atoms with E-state index in [9.17, 15) is 4.39 Å². The van der Waals surface area contributed by atoms with Crippen molar-refractivity contribution in [3.05, 3.63) is 52.9 Å². The SMILES string of the molecule is CN(c1ccc(F)cc1)c1nccc(C#N)c1Cl. The van der Waals surface area contributed by atoms with E-state index in [-0.39, 0.29) is 10.8 Å². The molecular weight excluding hydrogens is 253 g/mol. The van der Waals surface area contributed by atoms with Crippen molar-refractivity contribution in [2.75, 3.05) is 11.9 Å². The lowest BCUT2D eigenvalue weighted by molar-refractivity contribution is 0.628. The van der Waals surface area contributed by atoms with Gasteiger partial charge >= 0.3 is 0 Å². The van der Waals surface area contributed by atoms with Gasteiger partial charge in [-0.05, 0) is 30.3 Å². The van der Waals surface area contributed by atoms with Gasteiger partial charge in [0.1, 0.15) is 16.9 Å². The molecule has 0 fully saturated rings. The second-order valence-corrected chi connectivity index (χ2v) is 4.02. The van der Waals surface area contributed by atoms with Crippen molar-refractivity contribution in [2.24, 2.45) is 0 Å². The zero-order valence-corrected chi connectivity index (χ0v) is 10.3. The lowest BCUT2D eigenvalue weighted by Gasteiger charge is -2.19. The minimum Gasteiger partial charge on any atom is -0.328 e. The third kappa shape index (κ3) is 2.27. The fraction of sp³-hybridized carbons (Fsp3) is 0.0769. The Morgan fingerprint density at radius 2 is 1.94 bits per heavy atom. The maximum Gasteiger partial charge on any atom is 0.152 e. The molecule has 0 saturated heterocycles. The van der Waals surface area contributed by atoms with Crippen LogP contribution in [0, 0.1) is 17.1 Å². The normalized spacial score (nSPS) is 9.89. The summed E-state index contributed by atoms with van der Waals surface area (Å²) in [5, 5.41) is 9.19. The average Bonchev–Trinajstić information content (AvgIpc) is 2.39. The van der Waals surface area contributed by atoms with Crippen molar-refractivity contribution in [2.45, 2.75) is 0 Å². The van der Waals surface area contributed by atoms with Crippen molar-refractivity contribution in [1.29, 1.82) is 5.26 Å². The van der Waals surface area contributed by atoms with E-state index in [0.29, 0.717) is 11.4 Å². The smallest absolute Gasteiger partial charge is 0.152 e. The Balaban J connectivity index is 2.43. The van der Waals surface area contributed by atoms with Crippen LogP contribution >= 0.6 is 11.6 Å². The van der Waals surface area contributed by atoms with Crippen LogP contribution in [0.2, 0.25) is 5.02 Å². The molecule has 0 atom stereocenters. The quantitative estimate of drug-likeness (QED) is 0.830. The van der Waals surface area contributed by atoms with Crippen LogP contribution in [0.3, 0.4) is 0 Å². The van der Waals surface area contributed by atoms with Crippen LogP contribution in [0.1, 0.15) is 5.56 Å². The monoisotopic (exact) mass is 261 g/mol. The molecule has 5 heteroatoms. The Hall–Kier alpha value is -2.12. The van der Waals surface area contributed by atoms with E-state index in [0.717, 1.165) is 5.69 Å². The number of benzene rings is 1. The number of rotatable bonds is 2. The summed E-state index contributed by atoms with van der Waals surface area (Å²) in [6, 6.07) is 9.48. The summed E-state index contributed by atoms with van der Waals surface area (Å²) in [6.07, 6.45) is 1.51. The molecule has 0 bridgehead atoms. The summed E-state index contributed by atoms with van der Waals surface area (Å²) < 4.78 is 12.8. The van der Waals surface area contributed by atoms with Gasteiger partial charge in [0.15, 0.2) is 5.82 Å². The molecule has 0 spiro atoms. The Morgan fingerprint density at radius 3 is 2.56 bits per heavy atom. The van der Waals surface area contributed by atoms with Gasteiger partial charge in [0.05, 0.1) is 5.56 Å². The third-order valence-corrected chi connectivity index (χ3v) is 2.90. The summed E-state index contributed by atoms with van der Waals surface area (Å²) in [4.78, 5) is 5.83. The molecule has 1 aromatic heterocycles. The van der Waals surface area contributed by atoms with Crippen LogP contribution in [0.25, 0.3) is 0 Å². The number of hydrogen-bond donors (Lipinski definition) is 0. The van der Waals surface area contributed by atoms with Crippen molar-refractivity contribution >= 4 is 23.1 Å². The molecule has 18 heavy (non-hydrogen) atoms. The van der Waals surface area contributed by atoms with Crippen LogP contribution in [0.15, 0.2) is 36.5 Å². The van der Waals surface area contributed by atoms with Crippen LogP contribution < -0.4 is 4.90 Å². The van der Waals surface area contributed by atoms with Gasteiger partial charge in [-0.3, -0.25) is 0 Å².